The Kier molecular flexibility index (Phi) is 6.04. The maximum Gasteiger partial charge on any atom is 0.287 e. The van der Waals surface area contributed by atoms with E-state index in [2.05, 4.69) is 33.0 Å². The maximum absolute atomic E-state index is 12.3. The van der Waals surface area contributed by atoms with Crippen molar-refractivity contribution in [2.24, 2.45) is 0 Å². The molecule has 6 nitrogen and oxygen atoms in total. The normalized spacial score (nSPS) is 10.5. The third kappa shape index (κ3) is 4.92. The first kappa shape index (κ1) is 18.6. The molecular formula is C18H16IN3O3S. The first-order valence-corrected chi connectivity index (χ1v) is 9.30. The van der Waals surface area contributed by atoms with Gasteiger partial charge in [0.2, 0.25) is 5.91 Å². The van der Waals surface area contributed by atoms with E-state index in [1.54, 1.807) is 0 Å². The van der Waals surface area contributed by atoms with Gasteiger partial charge in [-0.1, -0.05) is 18.2 Å². The second-order valence-corrected chi connectivity index (χ2v) is 7.12. The zero-order chi connectivity index (χ0) is 18.5. The molecule has 3 aromatic rings. The van der Waals surface area contributed by atoms with Gasteiger partial charge in [-0.2, -0.15) is 0 Å². The largest absolute Gasteiger partial charge is 0.484 e. The fourth-order valence-electron chi connectivity index (χ4n) is 2.26. The molecule has 8 heteroatoms. The molecule has 0 aliphatic rings. The molecule has 1 amide bonds. The molecule has 0 spiro atoms. The molecule has 0 radical (unpaired) electrons. The lowest BCUT2D eigenvalue weighted by Crippen LogP contribution is -2.20. The Morgan fingerprint density at radius 1 is 1.31 bits per heavy atom. The average molecular weight is 481 g/mol. The molecular weight excluding hydrogens is 465 g/mol. The van der Waals surface area contributed by atoms with Crippen LogP contribution in [0, 0.1) is 15.3 Å². The standard InChI is InChI=1S/C18H16IN3O3S/c1-12-9-13(19)7-8-15(12)20-16(23)10-22-18(26)25-17(21-22)11-24-14-5-3-2-4-6-14/h2-9H,10-11H2,1H3,(H,20,23). The van der Waals surface area contributed by atoms with Crippen molar-refractivity contribution in [2.45, 2.75) is 20.1 Å². The minimum atomic E-state index is -0.228. The van der Waals surface area contributed by atoms with Crippen molar-refractivity contribution in [2.75, 3.05) is 5.32 Å². The van der Waals surface area contributed by atoms with Gasteiger partial charge < -0.3 is 14.5 Å². The minimum Gasteiger partial charge on any atom is -0.484 e. The number of ether oxygens (including phenoxy) is 1. The van der Waals surface area contributed by atoms with Crippen LogP contribution in [0.3, 0.4) is 0 Å². The summed E-state index contributed by atoms with van der Waals surface area (Å²) >= 11 is 7.36. The maximum atomic E-state index is 12.3. The molecule has 0 bridgehead atoms. The minimum absolute atomic E-state index is 0.0287. The van der Waals surface area contributed by atoms with Gasteiger partial charge >= 0.3 is 0 Å². The number of benzene rings is 2. The molecule has 1 N–H and O–H groups in total. The molecule has 0 aliphatic carbocycles. The molecule has 3 rings (SSSR count). The first-order chi connectivity index (χ1) is 12.5. The number of aryl methyl sites for hydroxylation is 1. The van der Waals surface area contributed by atoms with Crippen molar-refractivity contribution in [1.29, 1.82) is 0 Å². The second-order valence-electron chi connectivity index (χ2n) is 5.53. The van der Waals surface area contributed by atoms with Crippen LogP contribution >= 0.6 is 34.8 Å². The number of nitrogens with one attached hydrogen (secondary N) is 1. The summed E-state index contributed by atoms with van der Waals surface area (Å²) in [4.78, 5) is 12.4. The molecule has 1 heterocycles. The topological polar surface area (TPSA) is 69.3 Å². The third-order valence-corrected chi connectivity index (χ3v) is 4.47. The van der Waals surface area contributed by atoms with Gasteiger partial charge in [-0.3, -0.25) is 4.79 Å². The summed E-state index contributed by atoms with van der Waals surface area (Å²) in [6.07, 6.45) is 0. The number of rotatable bonds is 6. The summed E-state index contributed by atoms with van der Waals surface area (Å²) in [6, 6.07) is 15.1. The Morgan fingerprint density at radius 3 is 2.81 bits per heavy atom. The summed E-state index contributed by atoms with van der Waals surface area (Å²) < 4.78 is 13.4. The van der Waals surface area contributed by atoms with E-state index in [0.717, 1.165) is 14.8 Å². The van der Waals surface area contributed by atoms with Gasteiger partial charge in [0.1, 0.15) is 12.3 Å². The molecule has 0 atom stereocenters. The molecule has 134 valence electrons. The van der Waals surface area contributed by atoms with Gasteiger partial charge in [0, 0.05) is 9.26 Å². The predicted octanol–water partition coefficient (Wildman–Crippen LogP) is 4.34. The Bertz CT molecular complexity index is 969. The molecule has 1 aromatic heterocycles. The van der Waals surface area contributed by atoms with Crippen molar-refractivity contribution in [1.82, 2.24) is 9.78 Å². The number of para-hydroxylation sites is 1. The second kappa shape index (κ2) is 8.45. The van der Waals surface area contributed by atoms with E-state index in [0.29, 0.717) is 11.6 Å². The van der Waals surface area contributed by atoms with Gasteiger partial charge in [-0.05, 0) is 77.6 Å². The third-order valence-electron chi connectivity index (χ3n) is 3.51. The van der Waals surface area contributed by atoms with Crippen LogP contribution in [-0.2, 0) is 17.9 Å². The Labute approximate surface area is 169 Å². The van der Waals surface area contributed by atoms with E-state index >= 15 is 0 Å². The van der Waals surface area contributed by atoms with Gasteiger partial charge in [0.05, 0.1) is 0 Å². The number of carbonyl (C=O) groups excluding carboxylic acids is 1. The van der Waals surface area contributed by atoms with E-state index in [1.165, 1.54) is 4.68 Å². The van der Waals surface area contributed by atoms with Gasteiger partial charge in [0.15, 0.2) is 6.61 Å². The SMILES string of the molecule is Cc1cc(I)ccc1NC(=O)Cn1nc(COc2ccccc2)oc1=S. The fourth-order valence-corrected chi connectivity index (χ4v) is 3.11. The number of carbonyl (C=O) groups is 1. The highest BCUT2D eigenvalue weighted by Gasteiger charge is 2.11. The van der Waals surface area contributed by atoms with E-state index in [-0.39, 0.29) is 23.9 Å². The number of halogens is 1. The summed E-state index contributed by atoms with van der Waals surface area (Å²) in [6.45, 7) is 2.05. The van der Waals surface area contributed by atoms with E-state index in [4.69, 9.17) is 21.4 Å². The van der Waals surface area contributed by atoms with Crippen LogP contribution in [0.4, 0.5) is 5.69 Å². The molecule has 0 unspecified atom stereocenters. The number of nitrogens with zero attached hydrogens (tertiary/aromatic N) is 2. The van der Waals surface area contributed by atoms with Crippen LogP contribution in [0.5, 0.6) is 5.75 Å². The highest BCUT2D eigenvalue weighted by atomic mass is 127. The Morgan fingerprint density at radius 2 is 2.08 bits per heavy atom. The Balaban J connectivity index is 1.62. The highest BCUT2D eigenvalue weighted by Crippen LogP contribution is 2.18. The molecule has 26 heavy (non-hydrogen) atoms. The zero-order valence-corrected chi connectivity index (χ0v) is 16.9. The van der Waals surface area contributed by atoms with Crippen LogP contribution in [0.15, 0.2) is 52.9 Å². The smallest absolute Gasteiger partial charge is 0.287 e. The van der Waals surface area contributed by atoms with E-state index < -0.39 is 0 Å². The summed E-state index contributed by atoms with van der Waals surface area (Å²) in [5.41, 5.74) is 1.75. The molecule has 0 saturated heterocycles. The fraction of sp³-hybridized carbons (Fsp3) is 0.167. The van der Waals surface area contributed by atoms with Crippen molar-refractivity contribution >= 4 is 46.4 Å². The predicted molar refractivity (Wildman–Crippen MR) is 109 cm³/mol. The van der Waals surface area contributed by atoms with Crippen molar-refractivity contribution in [3.8, 4) is 5.75 Å². The van der Waals surface area contributed by atoms with Crippen LogP contribution < -0.4 is 10.1 Å². The number of hydrogen-bond acceptors (Lipinski definition) is 5. The molecule has 0 aliphatic heterocycles. The molecule has 0 saturated carbocycles. The molecule has 2 aromatic carbocycles. The Hall–Kier alpha value is -2.20. The van der Waals surface area contributed by atoms with E-state index in [1.807, 2.05) is 55.5 Å². The van der Waals surface area contributed by atoms with Crippen molar-refractivity contribution < 1.29 is 13.9 Å². The number of hydrogen-bond donors (Lipinski definition) is 1. The van der Waals surface area contributed by atoms with Crippen LogP contribution in [0.25, 0.3) is 0 Å². The van der Waals surface area contributed by atoms with Gasteiger partial charge in [0.25, 0.3) is 10.7 Å². The number of aromatic nitrogens is 2. The lowest BCUT2D eigenvalue weighted by molar-refractivity contribution is -0.117. The number of amides is 1. The van der Waals surface area contributed by atoms with Crippen molar-refractivity contribution in [3.05, 3.63) is 68.4 Å². The lowest BCUT2D eigenvalue weighted by atomic mass is 10.2. The van der Waals surface area contributed by atoms with Crippen LogP contribution in [-0.4, -0.2) is 15.7 Å². The summed E-state index contributed by atoms with van der Waals surface area (Å²) in [5, 5.41) is 7.06. The average Bonchev–Trinajstić information content (AvgIpc) is 2.96. The number of anilines is 1. The summed E-state index contributed by atoms with van der Waals surface area (Å²) in [5.74, 6) is 0.793. The van der Waals surface area contributed by atoms with Crippen LogP contribution in [0.2, 0.25) is 0 Å². The van der Waals surface area contributed by atoms with E-state index in [9.17, 15) is 4.79 Å². The first-order valence-electron chi connectivity index (χ1n) is 7.82. The van der Waals surface area contributed by atoms with Gasteiger partial charge in [-0.25, -0.2) is 4.68 Å². The zero-order valence-electron chi connectivity index (χ0n) is 13.9. The molecule has 0 fully saturated rings. The highest BCUT2D eigenvalue weighted by molar-refractivity contribution is 14.1. The summed E-state index contributed by atoms with van der Waals surface area (Å²) in [7, 11) is 0. The van der Waals surface area contributed by atoms with Crippen LogP contribution in [0.1, 0.15) is 11.5 Å². The lowest BCUT2D eigenvalue weighted by Gasteiger charge is -2.08. The quantitative estimate of drug-likeness (QED) is 0.419. The van der Waals surface area contributed by atoms with Gasteiger partial charge in [-0.15, -0.1) is 5.10 Å². The monoisotopic (exact) mass is 481 g/mol. The van der Waals surface area contributed by atoms with Crippen molar-refractivity contribution in [3.63, 3.8) is 0 Å².